The first-order valence-electron chi connectivity index (χ1n) is 7.81. The summed E-state index contributed by atoms with van der Waals surface area (Å²) in [5.74, 6) is 1.84. The quantitative estimate of drug-likeness (QED) is 0.731. The Morgan fingerprint density at radius 2 is 1.72 bits per heavy atom. The van der Waals surface area contributed by atoms with Gasteiger partial charge in [-0.3, -0.25) is 0 Å². The molecule has 2 nitrogen and oxygen atoms in total. The fourth-order valence-electron chi connectivity index (χ4n) is 2.67. The van der Waals surface area contributed by atoms with Gasteiger partial charge in [0.05, 0.1) is 0 Å². The maximum Gasteiger partial charge on any atom is 0.0107 e. The van der Waals surface area contributed by atoms with Crippen LogP contribution in [0.2, 0.25) is 0 Å². The van der Waals surface area contributed by atoms with Crippen molar-refractivity contribution in [1.82, 2.24) is 10.2 Å². The largest absolute Gasteiger partial charge is 0.315 e. The van der Waals surface area contributed by atoms with Gasteiger partial charge in [0.2, 0.25) is 0 Å². The van der Waals surface area contributed by atoms with Gasteiger partial charge in [0, 0.05) is 13.1 Å². The molecule has 0 aliphatic carbocycles. The molecule has 1 rings (SSSR count). The van der Waals surface area contributed by atoms with Crippen molar-refractivity contribution < 1.29 is 0 Å². The Kier molecular flexibility index (Phi) is 6.65. The van der Waals surface area contributed by atoms with Crippen LogP contribution in [0.3, 0.4) is 0 Å². The molecule has 1 aliphatic heterocycles. The smallest absolute Gasteiger partial charge is 0.0107 e. The van der Waals surface area contributed by atoms with E-state index in [2.05, 4.69) is 44.8 Å². The van der Waals surface area contributed by atoms with Crippen molar-refractivity contribution in [3.05, 3.63) is 0 Å². The van der Waals surface area contributed by atoms with E-state index in [1.807, 2.05) is 0 Å². The summed E-state index contributed by atoms with van der Waals surface area (Å²) < 4.78 is 0. The van der Waals surface area contributed by atoms with Gasteiger partial charge >= 0.3 is 0 Å². The third kappa shape index (κ3) is 6.75. The van der Waals surface area contributed by atoms with Gasteiger partial charge in [0.25, 0.3) is 0 Å². The maximum absolute atomic E-state index is 3.58. The zero-order valence-corrected chi connectivity index (χ0v) is 13.3. The number of hydrogen-bond acceptors (Lipinski definition) is 2. The van der Waals surface area contributed by atoms with Crippen molar-refractivity contribution in [2.45, 2.75) is 53.9 Å². The highest BCUT2D eigenvalue weighted by atomic mass is 15.1. The van der Waals surface area contributed by atoms with Gasteiger partial charge in [-0.2, -0.15) is 0 Å². The Labute approximate surface area is 115 Å². The molecule has 2 heteroatoms. The second-order valence-electron chi connectivity index (χ2n) is 7.48. The minimum atomic E-state index is 0.461. The number of hydrogen-bond donors (Lipinski definition) is 1. The highest BCUT2D eigenvalue weighted by molar-refractivity contribution is 4.74. The fraction of sp³-hybridized carbons (Fsp3) is 1.00. The molecule has 0 aromatic heterocycles. The molecule has 0 amide bonds. The van der Waals surface area contributed by atoms with Crippen molar-refractivity contribution in [3.63, 3.8) is 0 Å². The monoisotopic (exact) mass is 254 g/mol. The number of likely N-dealkylation sites (tertiary alicyclic amines) is 1. The van der Waals surface area contributed by atoms with Gasteiger partial charge in [-0.15, -0.1) is 0 Å². The van der Waals surface area contributed by atoms with Gasteiger partial charge < -0.3 is 10.2 Å². The lowest BCUT2D eigenvalue weighted by Gasteiger charge is -2.33. The number of nitrogens with zero attached hydrogens (tertiary/aromatic N) is 1. The molecule has 0 spiro atoms. The minimum Gasteiger partial charge on any atom is -0.315 e. The molecule has 0 unspecified atom stereocenters. The normalized spacial score (nSPS) is 19.7. The molecule has 108 valence electrons. The summed E-state index contributed by atoms with van der Waals surface area (Å²) >= 11 is 0. The van der Waals surface area contributed by atoms with Crippen LogP contribution in [-0.4, -0.2) is 37.6 Å². The third-order valence-electron chi connectivity index (χ3n) is 4.23. The van der Waals surface area contributed by atoms with Crippen LogP contribution in [0, 0.1) is 17.3 Å². The van der Waals surface area contributed by atoms with Crippen LogP contribution in [0.4, 0.5) is 0 Å². The van der Waals surface area contributed by atoms with Gasteiger partial charge in [-0.05, 0) is 56.1 Å². The van der Waals surface area contributed by atoms with Gasteiger partial charge in [0.15, 0.2) is 0 Å². The van der Waals surface area contributed by atoms with Crippen LogP contribution >= 0.6 is 0 Å². The van der Waals surface area contributed by atoms with E-state index in [9.17, 15) is 0 Å². The highest BCUT2D eigenvalue weighted by Crippen LogP contribution is 2.24. The second-order valence-corrected chi connectivity index (χ2v) is 7.48. The maximum atomic E-state index is 3.58. The zero-order valence-electron chi connectivity index (χ0n) is 13.3. The molecular weight excluding hydrogens is 220 g/mol. The predicted octanol–water partition coefficient (Wildman–Crippen LogP) is 3.38. The average molecular weight is 254 g/mol. The van der Waals surface area contributed by atoms with E-state index in [0.29, 0.717) is 5.41 Å². The summed E-state index contributed by atoms with van der Waals surface area (Å²) in [5, 5.41) is 3.58. The average Bonchev–Trinajstić information content (AvgIpc) is 2.27. The molecule has 0 aromatic carbocycles. The van der Waals surface area contributed by atoms with Gasteiger partial charge in [-0.1, -0.05) is 34.6 Å². The first-order chi connectivity index (χ1) is 8.38. The molecule has 1 heterocycles. The lowest BCUT2D eigenvalue weighted by Crippen LogP contribution is -2.39. The first-order valence-corrected chi connectivity index (χ1v) is 7.81. The molecule has 1 fully saturated rings. The van der Waals surface area contributed by atoms with E-state index < -0.39 is 0 Å². The molecule has 1 N–H and O–H groups in total. The highest BCUT2D eigenvalue weighted by Gasteiger charge is 2.20. The summed E-state index contributed by atoms with van der Waals surface area (Å²) in [6.07, 6.45) is 4.07. The predicted molar refractivity (Wildman–Crippen MR) is 80.9 cm³/mol. The summed E-state index contributed by atoms with van der Waals surface area (Å²) in [7, 11) is 0. The molecule has 1 aliphatic rings. The molecule has 18 heavy (non-hydrogen) atoms. The minimum absolute atomic E-state index is 0.461. The molecule has 0 saturated carbocycles. The molecule has 0 bridgehead atoms. The van der Waals surface area contributed by atoms with E-state index in [-0.39, 0.29) is 0 Å². The van der Waals surface area contributed by atoms with E-state index in [1.54, 1.807) is 0 Å². The fourth-order valence-corrected chi connectivity index (χ4v) is 2.67. The standard InChI is InChI=1S/C16H34N2/c1-14(2)15-6-11-18(12-7-15)13-10-17-9-8-16(3,4)5/h14-15,17H,6-13H2,1-5H3. The summed E-state index contributed by atoms with van der Waals surface area (Å²) in [6, 6.07) is 0. The van der Waals surface area contributed by atoms with Crippen LogP contribution in [0.15, 0.2) is 0 Å². The number of rotatable bonds is 6. The van der Waals surface area contributed by atoms with Crippen LogP contribution in [0.25, 0.3) is 0 Å². The zero-order chi connectivity index (χ0) is 13.6. The lowest BCUT2D eigenvalue weighted by atomic mass is 9.87. The molecule has 1 saturated heterocycles. The molecule has 0 atom stereocenters. The van der Waals surface area contributed by atoms with Crippen molar-refractivity contribution in [3.8, 4) is 0 Å². The van der Waals surface area contributed by atoms with Gasteiger partial charge in [-0.25, -0.2) is 0 Å². The number of nitrogens with one attached hydrogen (secondary N) is 1. The molecule has 0 aromatic rings. The molecular formula is C16H34N2. The Morgan fingerprint density at radius 1 is 1.11 bits per heavy atom. The first kappa shape index (κ1) is 16.0. The van der Waals surface area contributed by atoms with E-state index in [4.69, 9.17) is 0 Å². The van der Waals surface area contributed by atoms with Crippen molar-refractivity contribution in [2.75, 3.05) is 32.7 Å². The summed E-state index contributed by atoms with van der Waals surface area (Å²) in [6.45, 7) is 17.8. The Balaban J connectivity index is 2.01. The van der Waals surface area contributed by atoms with E-state index >= 15 is 0 Å². The lowest BCUT2D eigenvalue weighted by molar-refractivity contribution is 0.158. The van der Waals surface area contributed by atoms with E-state index in [0.717, 1.165) is 24.9 Å². The van der Waals surface area contributed by atoms with Crippen molar-refractivity contribution >= 4 is 0 Å². The van der Waals surface area contributed by atoms with Crippen LogP contribution in [0.1, 0.15) is 53.9 Å². The Morgan fingerprint density at radius 3 is 2.22 bits per heavy atom. The number of piperidine rings is 1. The van der Waals surface area contributed by atoms with Crippen LogP contribution in [0.5, 0.6) is 0 Å². The Bertz CT molecular complexity index is 210. The Hall–Kier alpha value is -0.0800. The van der Waals surface area contributed by atoms with Gasteiger partial charge in [0.1, 0.15) is 0 Å². The second kappa shape index (κ2) is 7.49. The summed E-state index contributed by atoms with van der Waals surface area (Å²) in [5.41, 5.74) is 0.461. The van der Waals surface area contributed by atoms with Crippen LogP contribution < -0.4 is 5.32 Å². The van der Waals surface area contributed by atoms with Crippen molar-refractivity contribution in [1.29, 1.82) is 0 Å². The van der Waals surface area contributed by atoms with Crippen LogP contribution in [-0.2, 0) is 0 Å². The SMILES string of the molecule is CC(C)C1CCN(CCNCCC(C)(C)C)CC1. The van der Waals surface area contributed by atoms with Crippen molar-refractivity contribution in [2.24, 2.45) is 17.3 Å². The topological polar surface area (TPSA) is 15.3 Å². The molecule has 0 radical (unpaired) electrons. The third-order valence-corrected chi connectivity index (χ3v) is 4.23. The van der Waals surface area contributed by atoms with E-state index in [1.165, 1.54) is 38.9 Å². The summed E-state index contributed by atoms with van der Waals surface area (Å²) in [4.78, 5) is 2.63.